The third-order valence-electron chi connectivity index (χ3n) is 3.06. The van der Waals surface area contributed by atoms with E-state index in [2.05, 4.69) is 26.3 Å². The van der Waals surface area contributed by atoms with E-state index in [1.165, 1.54) is 0 Å². The summed E-state index contributed by atoms with van der Waals surface area (Å²) < 4.78 is 28.2. The van der Waals surface area contributed by atoms with Gasteiger partial charge in [-0.2, -0.15) is 0 Å². The first-order chi connectivity index (χ1) is 8.88. The fourth-order valence-electron chi connectivity index (χ4n) is 2.32. The number of nitrogens with zero attached hydrogens (tertiary/aromatic N) is 1. The average molecular weight is 330 g/mol. The highest BCUT2D eigenvalue weighted by atomic mass is 79.9. The number of hydrazine groups is 1. The summed E-state index contributed by atoms with van der Waals surface area (Å²) in [5.74, 6) is 4.44. The highest BCUT2D eigenvalue weighted by Crippen LogP contribution is 2.37. The maximum absolute atomic E-state index is 14.3. The Morgan fingerprint density at radius 1 is 1.37 bits per heavy atom. The Morgan fingerprint density at radius 3 is 2.53 bits per heavy atom. The van der Waals surface area contributed by atoms with E-state index in [0.717, 1.165) is 11.6 Å². The minimum Gasteiger partial charge on any atom is -0.323 e. The fourth-order valence-corrected chi connectivity index (χ4v) is 2.72. The van der Waals surface area contributed by atoms with Gasteiger partial charge in [0.25, 0.3) is 0 Å². The molecule has 0 radical (unpaired) electrons. The third kappa shape index (κ3) is 2.19. The van der Waals surface area contributed by atoms with E-state index in [9.17, 15) is 8.78 Å². The molecule has 0 aliphatic rings. The molecule has 0 atom stereocenters. The van der Waals surface area contributed by atoms with Crippen LogP contribution in [0.4, 0.5) is 14.5 Å². The maximum Gasteiger partial charge on any atom is 0.150 e. The number of nitrogens with one attached hydrogen (secondary N) is 1. The summed E-state index contributed by atoms with van der Waals surface area (Å²) in [4.78, 5) is 4.18. The second kappa shape index (κ2) is 5.02. The molecule has 2 aromatic rings. The van der Waals surface area contributed by atoms with E-state index >= 15 is 0 Å². The predicted molar refractivity (Wildman–Crippen MR) is 76.0 cm³/mol. The van der Waals surface area contributed by atoms with Crippen molar-refractivity contribution in [3.63, 3.8) is 0 Å². The summed E-state index contributed by atoms with van der Waals surface area (Å²) in [6.07, 6.45) is 0. The number of aryl methyl sites for hydroxylation is 1. The molecule has 0 bridgehead atoms. The first-order valence-electron chi connectivity index (χ1n) is 5.82. The first kappa shape index (κ1) is 14.1. The highest BCUT2D eigenvalue weighted by Gasteiger charge is 2.21. The van der Waals surface area contributed by atoms with E-state index in [1.807, 2.05) is 13.8 Å². The van der Waals surface area contributed by atoms with Crippen molar-refractivity contribution >= 4 is 32.5 Å². The van der Waals surface area contributed by atoms with Crippen LogP contribution >= 0.6 is 15.9 Å². The van der Waals surface area contributed by atoms with E-state index in [0.29, 0.717) is 11.4 Å². The second-order valence-electron chi connectivity index (χ2n) is 4.66. The quantitative estimate of drug-likeness (QED) is 0.497. The lowest BCUT2D eigenvalue weighted by molar-refractivity contribution is 0.609. The van der Waals surface area contributed by atoms with Crippen molar-refractivity contribution in [3.05, 3.63) is 33.4 Å². The number of aromatic nitrogens is 1. The highest BCUT2D eigenvalue weighted by molar-refractivity contribution is 9.10. The summed E-state index contributed by atoms with van der Waals surface area (Å²) in [6.45, 7) is 5.65. The Kier molecular flexibility index (Phi) is 3.73. The first-order valence-corrected chi connectivity index (χ1v) is 6.62. The van der Waals surface area contributed by atoms with Gasteiger partial charge in [-0.15, -0.1) is 0 Å². The van der Waals surface area contributed by atoms with Crippen molar-refractivity contribution in [2.24, 2.45) is 5.84 Å². The van der Waals surface area contributed by atoms with Crippen molar-refractivity contribution in [2.45, 2.75) is 26.7 Å². The van der Waals surface area contributed by atoms with Crippen LogP contribution in [-0.4, -0.2) is 4.98 Å². The Balaban J connectivity index is 3.04. The second-order valence-corrected chi connectivity index (χ2v) is 5.52. The summed E-state index contributed by atoms with van der Waals surface area (Å²) in [5, 5.41) is 0.0728. The SMILES string of the molecule is Cc1nc2c(F)cc(Br)c(F)c2c(NN)c1C(C)C. The number of hydrogen-bond donors (Lipinski definition) is 2. The van der Waals surface area contributed by atoms with Gasteiger partial charge >= 0.3 is 0 Å². The molecule has 0 aliphatic carbocycles. The fraction of sp³-hybridized carbons (Fsp3) is 0.308. The molecule has 0 saturated heterocycles. The Hall–Kier alpha value is -1.27. The van der Waals surface area contributed by atoms with Gasteiger partial charge in [0.1, 0.15) is 11.3 Å². The van der Waals surface area contributed by atoms with Crippen LogP contribution in [0.2, 0.25) is 0 Å². The number of fused-ring (bicyclic) bond motifs is 1. The number of nitrogen functional groups attached to an aromatic ring is 1. The summed E-state index contributed by atoms with van der Waals surface area (Å²) in [6, 6.07) is 1.07. The molecule has 1 aromatic heterocycles. The number of benzene rings is 1. The molecule has 1 heterocycles. The Morgan fingerprint density at radius 2 is 2.00 bits per heavy atom. The van der Waals surface area contributed by atoms with Crippen LogP contribution in [0.1, 0.15) is 31.0 Å². The largest absolute Gasteiger partial charge is 0.323 e. The van der Waals surface area contributed by atoms with Crippen molar-refractivity contribution < 1.29 is 8.78 Å². The smallest absolute Gasteiger partial charge is 0.150 e. The zero-order valence-corrected chi connectivity index (χ0v) is 12.4. The van der Waals surface area contributed by atoms with Crippen molar-refractivity contribution in [3.8, 4) is 0 Å². The van der Waals surface area contributed by atoms with Gasteiger partial charge in [-0.1, -0.05) is 13.8 Å². The van der Waals surface area contributed by atoms with E-state index < -0.39 is 11.6 Å². The molecule has 102 valence electrons. The van der Waals surface area contributed by atoms with Gasteiger partial charge in [0.2, 0.25) is 0 Å². The van der Waals surface area contributed by atoms with E-state index in [1.54, 1.807) is 6.92 Å². The van der Waals surface area contributed by atoms with Crippen LogP contribution in [0, 0.1) is 18.6 Å². The van der Waals surface area contributed by atoms with Crippen molar-refractivity contribution in [1.82, 2.24) is 4.98 Å². The molecule has 19 heavy (non-hydrogen) atoms. The molecule has 0 fully saturated rings. The van der Waals surface area contributed by atoms with Crippen LogP contribution in [-0.2, 0) is 0 Å². The van der Waals surface area contributed by atoms with Crippen LogP contribution < -0.4 is 11.3 Å². The summed E-state index contributed by atoms with van der Waals surface area (Å²) >= 11 is 3.00. The Bertz CT molecular complexity index is 656. The van der Waals surface area contributed by atoms with Crippen LogP contribution in [0.25, 0.3) is 10.9 Å². The lowest BCUT2D eigenvalue weighted by Crippen LogP contribution is -2.13. The molecule has 0 aliphatic heterocycles. The molecule has 3 N–H and O–H groups in total. The normalized spacial score (nSPS) is 11.4. The van der Waals surface area contributed by atoms with Crippen LogP contribution in [0.5, 0.6) is 0 Å². The van der Waals surface area contributed by atoms with E-state index in [-0.39, 0.29) is 21.3 Å². The van der Waals surface area contributed by atoms with Gasteiger partial charge < -0.3 is 5.43 Å². The van der Waals surface area contributed by atoms with Gasteiger partial charge in [-0.3, -0.25) is 5.84 Å². The number of pyridine rings is 1. The molecule has 0 spiro atoms. The zero-order chi connectivity index (χ0) is 14.3. The van der Waals surface area contributed by atoms with Crippen molar-refractivity contribution in [2.75, 3.05) is 5.43 Å². The lowest BCUT2D eigenvalue weighted by Gasteiger charge is -2.18. The van der Waals surface area contributed by atoms with E-state index in [4.69, 9.17) is 5.84 Å². The Labute approximate surface area is 118 Å². The number of anilines is 1. The van der Waals surface area contributed by atoms with Crippen molar-refractivity contribution in [1.29, 1.82) is 0 Å². The zero-order valence-electron chi connectivity index (χ0n) is 10.8. The molecule has 0 amide bonds. The topological polar surface area (TPSA) is 50.9 Å². The molecular formula is C13H14BrF2N3. The minimum atomic E-state index is -0.585. The molecule has 1 aromatic carbocycles. The molecule has 6 heteroatoms. The van der Waals surface area contributed by atoms with Gasteiger partial charge in [0.15, 0.2) is 5.82 Å². The van der Waals surface area contributed by atoms with Gasteiger partial charge in [0, 0.05) is 11.3 Å². The number of rotatable bonds is 2. The molecule has 0 saturated carbocycles. The maximum atomic E-state index is 14.3. The number of nitrogens with two attached hydrogens (primary N) is 1. The predicted octanol–water partition coefficient (Wildman–Crippen LogP) is 3.99. The molecule has 0 unspecified atom stereocenters. The standard InChI is InChI=1S/C13H14BrF2N3/c1-5(2)9-6(3)18-12-8(15)4-7(14)11(16)10(12)13(9)19-17/h4-5H,17H2,1-3H3,(H,18,19). The van der Waals surface area contributed by atoms with Gasteiger partial charge in [-0.05, 0) is 34.8 Å². The molecular weight excluding hydrogens is 316 g/mol. The monoisotopic (exact) mass is 329 g/mol. The van der Waals surface area contributed by atoms with Crippen LogP contribution in [0.3, 0.4) is 0 Å². The number of hydrogen-bond acceptors (Lipinski definition) is 3. The van der Waals surface area contributed by atoms with Gasteiger partial charge in [0.05, 0.1) is 15.5 Å². The lowest BCUT2D eigenvalue weighted by atomic mass is 9.96. The molecule has 3 nitrogen and oxygen atoms in total. The summed E-state index contributed by atoms with van der Waals surface area (Å²) in [7, 11) is 0. The summed E-state index contributed by atoms with van der Waals surface area (Å²) in [5.41, 5.74) is 4.27. The third-order valence-corrected chi connectivity index (χ3v) is 3.63. The number of halogens is 3. The minimum absolute atomic E-state index is 0.0180. The average Bonchev–Trinajstić information content (AvgIpc) is 2.34. The molecule has 2 rings (SSSR count). The van der Waals surface area contributed by atoms with Crippen LogP contribution in [0.15, 0.2) is 10.5 Å². The van der Waals surface area contributed by atoms with Gasteiger partial charge in [-0.25, -0.2) is 13.8 Å².